The van der Waals surface area contributed by atoms with E-state index in [9.17, 15) is 5.11 Å². The molecule has 0 unspecified atom stereocenters. The minimum atomic E-state index is -0.137. The molecule has 2 fully saturated rings. The molecule has 4 heterocycles. The number of aliphatic imine (C=N–C) groups is 1. The van der Waals surface area contributed by atoms with Crippen LogP contribution >= 0.6 is 0 Å². The molecule has 2 saturated heterocycles. The zero-order chi connectivity index (χ0) is 22.5. The van der Waals surface area contributed by atoms with Gasteiger partial charge in [-0.05, 0) is 71.6 Å². The molecule has 0 amide bonds. The first-order valence-corrected chi connectivity index (χ1v) is 12.4. The average Bonchev–Trinajstić information content (AvgIpc) is 3.40. The lowest BCUT2D eigenvalue weighted by Gasteiger charge is -2.44. The van der Waals surface area contributed by atoms with Gasteiger partial charge in [-0.1, -0.05) is 0 Å². The van der Waals surface area contributed by atoms with Gasteiger partial charge >= 0.3 is 0 Å². The molecule has 32 heavy (non-hydrogen) atoms. The van der Waals surface area contributed by atoms with E-state index in [0.717, 1.165) is 61.2 Å². The summed E-state index contributed by atoms with van der Waals surface area (Å²) in [5.74, 6) is 0.321. The second-order valence-electron chi connectivity index (χ2n) is 10.4. The Morgan fingerprint density at radius 2 is 1.72 bits per heavy atom. The van der Waals surface area contributed by atoms with Crippen LogP contribution in [-0.4, -0.2) is 71.3 Å². The van der Waals surface area contributed by atoms with Crippen LogP contribution in [0.2, 0.25) is 0 Å². The molecule has 0 saturated carbocycles. The van der Waals surface area contributed by atoms with Crippen LogP contribution in [0.1, 0.15) is 65.0 Å². The van der Waals surface area contributed by atoms with Gasteiger partial charge in [-0.15, -0.1) is 0 Å². The normalized spacial score (nSPS) is 21.9. The van der Waals surface area contributed by atoms with Gasteiger partial charge in [0.1, 0.15) is 0 Å². The fourth-order valence-electron chi connectivity index (χ4n) is 5.72. The number of rotatable bonds is 4. The molecule has 0 atom stereocenters. The van der Waals surface area contributed by atoms with Crippen LogP contribution in [-0.2, 0) is 4.74 Å². The third-order valence-corrected chi connectivity index (χ3v) is 7.75. The fraction of sp³-hybridized carbons (Fsp3) is 0.654. The lowest BCUT2D eigenvalue weighted by Crippen LogP contribution is -2.52. The van der Waals surface area contributed by atoms with E-state index in [1.807, 2.05) is 4.57 Å². The first-order valence-electron chi connectivity index (χ1n) is 12.4. The third-order valence-electron chi connectivity index (χ3n) is 7.75. The van der Waals surface area contributed by atoms with Crippen molar-refractivity contribution in [3.8, 4) is 5.88 Å². The number of piperidine rings is 1. The highest BCUT2D eigenvalue weighted by atomic mass is 16.5. The summed E-state index contributed by atoms with van der Waals surface area (Å²) in [5.41, 5.74) is 3.93. The van der Waals surface area contributed by atoms with Gasteiger partial charge in [0.25, 0.3) is 0 Å². The van der Waals surface area contributed by atoms with Crippen molar-refractivity contribution in [3.63, 3.8) is 0 Å². The number of fused-ring (bicyclic) bond motifs is 1. The number of benzene rings is 1. The number of hydrogen-bond acceptors (Lipinski definition) is 5. The SMILES string of the molecule is CC(C)N1CCC2(CC1)CN=C(c1c(O)n(C(C)C)c3ccc(N4CCCC4)cc13)CO2. The van der Waals surface area contributed by atoms with E-state index < -0.39 is 0 Å². The van der Waals surface area contributed by atoms with Crippen molar-refractivity contribution in [1.82, 2.24) is 9.47 Å². The Bertz CT molecular complexity index is 1010. The highest BCUT2D eigenvalue weighted by molar-refractivity contribution is 6.14. The zero-order valence-electron chi connectivity index (χ0n) is 20.1. The molecule has 2 aromatic rings. The minimum Gasteiger partial charge on any atom is -0.494 e. The maximum atomic E-state index is 11.3. The Morgan fingerprint density at radius 1 is 1.00 bits per heavy atom. The predicted octanol–water partition coefficient (Wildman–Crippen LogP) is 4.59. The van der Waals surface area contributed by atoms with Gasteiger partial charge in [0.15, 0.2) is 0 Å². The first-order chi connectivity index (χ1) is 15.4. The largest absolute Gasteiger partial charge is 0.494 e. The summed E-state index contributed by atoms with van der Waals surface area (Å²) >= 11 is 0. The van der Waals surface area contributed by atoms with Crippen molar-refractivity contribution in [3.05, 3.63) is 23.8 Å². The van der Waals surface area contributed by atoms with E-state index in [2.05, 4.69) is 55.7 Å². The van der Waals surface area contributed by atoms with Crippen molar-refractivity contribution in [1.29, 1.82) is 0 Å². The number of hydrogen-bond donors (Lipinski definition) is 1. The third kappa shape index (κ3) is 3.71. The van der Waals surface area contributed by atoms with Crippen molar-refractivity contribution in [2.24, 2.45) is 4.99 Å². The number of aromatic nitrogens is 1. The van der Waals surface area contributed by atoms with Crippen LogP contribution in [0.3, 0.4) is 0 Å². The lowest BCUT2D eigenvalue weighted by molar-refractivity contribution is -0.0713. The Balaban J connectivity index is 1.49. The summed E-state index contributed by atoms with van der Waals surface area (Å²) in [6, 6.07) is 7.37. The maximum absolute atomic E-state index is 11.3. The average molecular weight is 439 g/mol. The van der Waals surface area contributed by atoms with E-state index in [4.69, 9.17) is 9.73 Å². The van der Waals surface area contributed by atoms with Crippen LogP contribution in [0.5, 0.6) is 5.88 Å². The predicted molar refractivity (Wildman–Crippen MR) is 131 cm³/mol. The summed E-state index contributed by atoms with van der Waals surface area (Å²) in [6.45, 7) is 14.3. The summed E-state index contributed by atoms with van der Waals surface area (Å²) in [7, 11) is 0. The van der Waals surface area contributed by atoms with Crippen molar-refractivity contribution in [2.45, 2.75) is 71.1 Å². The Kier molecular flexibility index (Phi) is 5.70. The van der Waals surface area contributed by atoms with Crippen molar-refractivity contribution < 1.29 is 9.84 Å². The van der Waals surface area contributed by atoms with Crippen molar-refractivity contribution in [2.75, 3.05) is 44.2 Å². The van der Waals surface area contributed by atoms with Gasteiger partial charge in [-0.25, -0.2) is 0 Å². The fourth-order valence-corrected chi connectivity index (χ4v) is 5.72. The van der Waals surface area contributed by atoms with Gasteiger partial charge < -0.3 is 24.2 Å². The molecule has 6 heteroatoms. The Hall–Kier alpha value is -2.05. The monoisotopic (exact) mass is 438 g/mol. The molecule has 3 aliphatic heterocycles. The van der Waals surface area contributed by atoms with Gasteiger partial charge in [-0.3, -0.25) is 4.99 Å². The maximum Gasteiger partial charge on any atom is 0.201 e. The van der Waals surface area contributed by atoms with Crippen LogP contribution in [0.4, 0.5) is 5.69 Å². The smallest absolute Gasteiger partial charge is 0.201 e. The molecule has 0 aliphatic carbocycles. The topological polar surface area (TPSA) is 53.2 Å². The number of likely N-dealkylation sites (tertiary alicyclic amines) is 1. The minimum absolute atomic E-state index is 0.137. The van der Waals surface area contributed by atoms with Gasteiger partial charge in [-0.2, -0.15) is 0 Å². The second kappa shape index (κ2) is 8.38. The highest BCUT2D eigenvalue weighted by Gasteiger charge is 2.39. The number of ether oxygens (including phenoxy) is 1. The number of nitrogens with zero attached hydrogens (tertiary/aromatic N) is 4. The lowest BCUT2D eigenvalue weighted by atomic mass is 9.89. The number of anilines is 1. The molecular formula is C26H38N4O2. The summed E-state index contributed by atoms with van der Waals surface area (Å²) in [6.07, 6.45) is 4.56. The van der Waals surface area contributed by atoms with E-state index in [-0.39, 0.29) is 11.6 Å². The van der Waals surface area contributed by atoms with E-state index >= 15 is 0 Å². The molecule has 3 aliphatic rings. The zero-order valence-corrected chi connectivity index (χ0v) is 20.1. The molecule has 1 N–H and O–H groups in total. The molecule has 1 aromatic carbocycles. The Morgan fingerprint density at radius 3 is 2.31 bits per heavy atom. The van der Waals surface area contributed by atoms with E-state index in [1.165, 1.54) is 18.5 Å². The molecular weight excluding hydrogens is 400 g/mol. The first kappa shape index (κ1) is 21.8. The standard InChI is InChI=1S/C26H38N4O2/c1-18(2)28-13-9-26(10-14-28)17-27-22(16-32-26)24-21-15-20(29-11-5-6-12-29)7-8-23(21)30(19(3)4)25(24)31/h7-8,15,18-19,31H,5-6,9-14,16-17H2,1-4H3. The van der Waals surface area contributed by atoms with E-state index in [1.54, 1.807) is 0 Å². The van der Waals surface area contributed by atoms with Crippen LogP contribution in [0.15, 0.2) is 23.2 Å². The van der Waals surface area contributed by atoms with Crippen molar-refractivity contribution >= 4 is 22.3 Å². The summed E-state index contributed by atoms with van der Waals surface area (Å²) in [5, 5.41) is 12.4. The molecule has 0 bridgehead atoms. The van der Waals surface area contributed by atoms with Crippen LogP contribution in [0, 0.1) is 0 Å². The molecule has 5 rings (SSSR count). The van der Waals surface area contributed by atoms with E-state index in [0.29, 0.717) is 25.1 Å². The summed E-state index contributed by atoms with van der Waals surface area (Å²) < 4.78 is 8.55. The number of aromatic hydroxyl groups is 1. The highest BCUT2D eigenvalue weighted by Crippen LogP contribution is 2.39. The Labute approximate surface area is 191 Å². The molecule has 1 spiro atoms. The molecule has 1 aromatic heterocycles. The quantitative estimate of drug-likeness (QED) is 0.759. The molecule has 0 radical (unpaired) electrons. The van der Waals surface area contributed by atoms with Gasteiger partial charge in [0.2, 0.25) is 5.88 Å². The van der Waals surface area contributed by atoms with Crippen LogP contribution < -0.4 is 4.90 Å². The van der Waals surface area contributed by atoms with Gasteiger partial charge in [0.05, 0.1) is 35.5 Å². The molecule has 174 valence electrons. The second-order valence-corrected chi connectivity index (χ2v) is 10.4. The summed E-state index contributed by atoms with van der Waals surface area (Å²) in [4.78, 5) is 10.0. The van der Waals surface area contributed by atoms with Crippen LogP contribution in [0.25, 0.3) is 10.9 Å². The van der Waals surface area contributed by atoms with Gasteiger partial charge in [0, 0.05) is 49.3 Å². The molecule has 6 nitrogen and oxygen atoms in total.